The van der Waals surface area contributed by atoms with Crippen molar-refractivity contribution in [1.82, 2.24) is 15.4 Å². The fraction of sp³-hybridized carbons (Fsp3) is 0.583. The highest BCUT2D eigenvalue weighted by Crippen LogP contribution is 2.17. The van der Waals surface area contributed by atoms with E-state index in [0.717, 1.165) is 0 Å². The van der Waals surface area contributed by atoms with Crippen LogP contribution in [0.3, 0.4) is 0 Å². The molecule has 1 saturated heterocycles. The Balaban J connectivity index is 1.77. The second-order valence-corrected chi connectivity index (χ2v) is 4.69. The molecule has 0 spiro atoms. The van der Waals surface area contributed by atoms with Crippen molar-refractivity contribution in [2.24, 2.45) is 5.92 Å². The van der Waals surface area contributed by atoms with Crippen LogP contribution in [-0.2, 0) is 11.3 Å². The number of hydrogen-bond acceptors (Lipinski definition) is 4. The number of nitrogens with zero attached hydrogens (tertiary/aromatic N) is 2. The van der Waals surface area contributed by atoms with Gasteiger partial charge in [0.15, 0.2) is 0 Å². The van der Waals surface area contributed by atoms with Gasteiger partial charge in [-0.25, -0.2) is 4.79 Å². The summed E-state index contributed by atoms with van der Waals surface area (Å²) in [5.74, 6) is -0.410. The van der Waals surface area contributed by atoms with Crippen LogP contribution in [0.25, 0.3) is 0 Å². The highest BCUT2D eigenvalue weighted by molar-refractivity contribution is 5.75. The Bertz CT molecular complexity index is 463. The van der Waals surface area contributed by atoms with Crippen molar-refractivity contribution in [3.63, 3.8) is 0 Å². The third-order valence-corrected chi connectivity index (χ3v) is 3.23. The number of urea groups is 1. The largest absolute Gasteiger partial charge is 0.481 e. The lowest BCUT2D eigenvalue weighted by molar-refractivity contribution is -0.143. The summed E-state index contributed by atoms with van der Waals surface area (Å²) in [7, 11) is 0. The molecule has 19 heavy (non-hydrogen) atoms. The van der Waals surface area contributed by atoms with Crippen molar-refractivity contribution < 1.29 is 19.2 Å². The number of rotatable bonds is 3. The molecule has 1 fully saturated rings. The number of carbonyl (C=O) groups excluding carboxylic acids is 1. The van der Waals surface area contributed by atoms with E-state index in [-0.39, 0.29) is 11.9 Å². The molecule has 1 aromatic rings. The third-order valence-electron chi connectivity index (χ3n) is 3.23. The first-order valence-electron chi connectivity index (χ1n) is 6.24. The van der Waals surface area contributed by atoms with Gasteiger partial charge >= 0.3 is 12.0 Å². The van der Waals surface area contributed by atoms with Gasteiger partial charge in [0.25, 0.3) is 0 Å². The minimum atomic E-state index is -0.780. The van der Waals surface area contributed by atoms with Crippen LogP contribution in [-0.4, -0.2) is 40.3 Å². The van der Waals surface area contributed by atoms with Crippen LogP contribution >= 0.6 is 0 Å². The van der Waals surface area contributed by atoms with Gasteiger partial charge in [-0.3, -0.25) is 4.79 Å². The average Bonchev–Trinajstić information content (AvgIpc) is 2.82. The van der Waals surface area contributed by atoms with Gasteiger partial charge in [-0.05, 0) is 19.8 Å². The molecule has 2 amide bonds. The zero-order chi connectivity index (χ0) is 13.8. The number of hydrogen-bond donors (Lipinski definition) is 2. The fourth-order valence-electron chi connectivity index (χ4n) is 2.11. The number of likely N-dealkylation sites (tertiary alicyclic amines) is 1. The molecule has 2 N–H and O–H groups in total. The molecule has 1 aliphatic rings. The number of carbonyl (C=O) groups is 2. The van der Waals surface area contributed by atoms with Gasteiger partial charge in [-0.2, -0.15) is 0 Å². The maximum Gasteiger partial charge on any atom is 0.317 e. The van der Waals surface area contributed by atoms with Crippen LogP contribution in [0.5, 0.6) is 0 Å². The Labute approximate surface area is 110 Å². The summed E-state index contributed by atoms with van der Waals surface area (Å²) in [5.41, 5.74) is 0.672. The van der Waals surface area contributed by atoms with Crippen molar-refractivity contribution in [3.8, 4) is 0 Å². The van der Waals surface area contributed by atoms with Crippen molar-refractivity contribution in [3.05, 3.63) is 17.5 Å². The van der Waals surface area contributed by atoms with Gasteiger partial charge in [0, 0.05) is 19.2 Å². The number of carboxylic acid groups (broad SMARTS) is 1. The smallest absolute Gasteiger partial charge is 0.317 e. The summed E-state index contributed by atoms with van der Waals surface area (Å²) in [6.45, 7) is 3.05. The number of aromatic nitrogens is 1. The Morgan fingerprint density at radius 3 is 2.74 bits per heavy atom. The molecule has 1 aliphatic heterocycles. The molecule has 0 bridgehead atoms. The number of nitrogens with one attached hydrogen (secondary N) is 1. The van der Waals surface area contributed by atoms with Crippen LogP contribution in [0.4, 0.5) is 4.79 Å². The number of aryl methyl sites for hydroxylation is 1. The maximum atomic E-state index is 11.9. The molecule has 0 radical (unpaired) electrons. The average molecular weight is 267 g/mol. The van der Waals surface area contributed by atoms with Gasteiger partial charge in [-0.1, -0.05) is 5.16 Å². The van der Waals surface area contributed by atoms with E-state index in [1.54, 1.807) is 17.9 Å². The maximum absolute atomic E-state index is 11.9. The lowest BCUT2D eigenvalue weighted by atomic mass is 9.97. The monoisotopic (exact) mass is 267 g/mol. The predicted molar refractivity (Wildman–Crippen MR) is 65.4 cm³/mol. The molecule has 0 aliphatic carbocycles. The molecule has 0 saturated carbocycles. The summed E-state index contributed by atoms with van der Waals surface area (Å²) in [5, 5.41) is 15.4. The van der Waals surface area contributed by atoms with Gasteiger partial charge in [0.05, 0.1) is 12.5 Å². The molecule has 1 aromatic heterocycles. The van der Waals surface area contributed by atoms with Crippen LogP contribution in [0.2, 0.25) is 0 Å². The summed E-state index contributed by atoms with van der Waals surface area (Å²) in [6, 6.07) is 1.57. The lowest BCUT2D eigenvalue weighted by Gasteiger charge is -2.30. The fourth-order valence-corrected chi connectivity index (χ4v) is 2.11. The summed E-state index contributed by atoms with van der Waals surface area (Å²) < 4.78 is 4.90. The van der Waals surface area contributed by atoms with E-state index in [1.165, 1.54) is 0 Å². The van der Waals surface area contributed by atoms with Crippen molar-refractivity contribution in [2.75, 3.05) is 13.1 Å². The topological polar surface area (TPSA) is 95.7 Å². The van der Waals surface area contributed by atoms with E-state index in [0.29, 0.717) is 43.9 Å². The predicted octanol–water partition coefficient (Wildman–Crippen LogP) is 0.989. The van der Waals surface area contributed by atoms with E-state index in [1.807, 2.05) is 0 Å². The number of aliphatic carboxylic acids is 1. The molecule has 7 nitrogen and oxygen atoms in total. The van der Waals surface area contributed by atoms with Gasteiger partial charge in [-0.15, -0.1) is 0 Å². The molecule has 0 aromatic carbocycles. The Morgan fingerprint density at radius 1 is 1.53 bits per heavy atom. The molecule has 2 heterocycles. The van der Waals surface area contributed by atoms with Gasteiger partial charge in [0.1, 0.15) is 11.5 Å². The van der Waals surface area contributed by atoms with Crippen molar-refractivity contribution >= 4 is 12.0 Å². The molecular weight excluding hydrogens is 250 g/mol. The second-order valence-electron chi connectivity index (χ2n) is 4.69. The Morgan fingerprint density at radius 2 is 2.21 bits per heavy atom. The molecule has 2 rings (SSSR count). The number of amides is 2. The Kier molecular flexibility index (Phi) is 4.03. The zero-order valence-corrected chi connectivity index (χ0v) is 10.8. The summed E-state index contributed by atoms with van der Waals surface area (Å²) in [6.07, 6.45) is 1.01. The second kappa shape index (κ2) is 5.73. The first kappa shape index (κ1) is 13.4. The molecule has 104 valence electrons. The lowest BCUT2D eigenvalue weighted by Crippen LogP contribution is -2.45. The minimum absolute atomic E-state index is 0.190. The molecule has 7 heteroatoms. The molecule has 0 unspecified atom stereocenters. The third kappa shape index (κ3) is 3.46. The van der Waals surface area contributed by atoms with Crippen molar-refractivity contribution in [2.45, 2.75) is 26.3 Å². The van der Waals surface area contributed by atoms with E-state index in [4.69, 9.17) is 9.63 Å². The first-order valence-corrected chi connectivity index (χ1v) is 6.24. The standard InChI is InChI=1S/C12H17N3O4/c1-8-6-10(14-19-8)7-13-12(18)15-4-2-9(3-5-15)11(16)17/h6,9H,2-5,7H2,1H3,(H,13,18)(H,16,17). The van der Waals surface area contributed by atoms with Crippen LogP contribution in [0, 0.1) is 12.8 Å². The quantitative estimate of drug-likeness (QED) is 0.851. The summed E-state index contributed by atoms with van der Waals surface area (Å²) in [4.78, 5) is 24.3. The highest BCUT2D eigenvalue weighted by atomic mass is 16.5. The van der Waals surface area contributed by atoms with E-state index >= 15 is 0 Å². The van der Waals surface area contributed by atoms with Crippen LogP contribution in [0.15, 0.2) is 10.6 Å². The van der Waals surface area contributed by atoms with Crippen molar-refractivity contribution in [1.29, 1.82) is 0 Å². The van der Waals surface area contributed by atoms with Crippen LogP contribution < -0.4 is 5.32 Å². The molecular formula is C12H17N3O4. The van der Waals surface area contributed by atoms with E-state index in [9.17, 15) is 9.59 Å². The van der Waals surface area contributed by atoms with E-state index < -0.39 is 5.97 Å². The Hall–Kier alpha value is -2.05. The first-order chi connectivity index (χ1) is 9.06. The minimum Gasteiger partial charge on any atom is -0.481 e. The zero-order valence-electron chi connectivity index (χ0n) is 10.8. The van der Waals surface area contributed by atoms with Crippen LogP contribution in [0.1, 0.15) is 24.3 Å². The van der Waals surface area contributed by atoms with Gasteiger partial charge < -0.3 is 19.8 Å². The number of carboxylic acids is 1. The van der Waals surface area contributed by atoms with Gasteiger partial charge in [0.2, 0.25) is 0 Å². The molecule has 0 atom stereocenters. The SMILES string of the molecule is Cc1cc(CNC(=O)N2CCC(C(=O)O)CC2)no1. The van der Waals surface area contributed by atoms with E-state index in [2.05, 4.69) is 10.5 Å². The normalized spacial score (nSPS) is 16.4. The summed E-state index contributed by atoms with van der Waals surface area (Å²) >= 11 is 0. The number of piperidine rings is 1. The highest BCUT2D eigenvalue weighted by Gasteiger charge is 2.26.